The van der Waals surface area contributed by atoms with Gasteiger partial charge in [0.15, 0.2) is 0 Å². The molecule has 1 saturated carbocycles. The average Bonchev–Trinajstić information content (AvgIpc) is 2.96. The number of carbonyl (C=O) groups excluding carboxylic acids is 1. The molecular formula is C13H23NO5S. The summed E-state index contributed by atoms with van der Waals surface area (Å²) in [4.78, 5) is 11.6. The maximum atomic E-state index is 12.3. The summed E-state index contributed by atoms with van der Waals surface area (Å²) in [6, 6.07) is 0. The van der Waals surface area contributed by atoms with Gasteiger partial charge in [0.1, 0.15) is 0 Å². The number of hydrogen-bond donors (Lipinski definition) is 1. The Balaban J connectivity index is 1.93. The van der Waals surface area contributed by atoms with E-state index >= 15 is 0 Å². The second-order valence-corrected chi connectivity index (χ2v) is 7.47. The van der Waals surface area contributed by atoms with Crippen LogP contribution in [0.1, 0.15) is 38.5 Å². The fourth-order valence-corrected chi connectivity index (χ4v) is 4.79. The van der Waals surface area contributed by atoms with Crippen LogP contribution in [-0.4, -0.2) is 46.0 Å². The second-order valence-electron chi connectivity index (χ2n) is 5.48. The Morgan fingerprint density at radius 1 is 1.25 bits per heavy atom. The molecule has 1 saturated heterocycles. The number of hydrogen-bond acceptors (Lipinski definition) is 5. The van der Waals surface area contributed by atoms with E-state index in [0.717, 1.165) is 25.7 Å². The zero-order chi connectivity index (χ0) is 14.6. The van der Waals surface area contributed by atoms with Crippen LogP contribution in [0.4, 0.5) is 0 Å². The second kappa shape index (κ2) is 6.87. The minimum atomic E-state index is -3.49. The number of nitrogens with one attached hydrogen (secondary N) is 1. The van der Waals surface area contributed by atoms with Gasteiger partial charge in [0.05, 0.1) is 24.4 Å². The van der Waals surface area contributed by atoms with E-state index in [1.165, 1.54) is 7.11 Å². The van der Waals surface area contributed by atoms with Gasteiger partial charge >= 0.3 is 5.97 Å². The van der Waals surface area contributed by atoms with Crippen molar-refractivity contribution in [3.63, 3.8) is 0 Å². The van der Waals surface area contributed by atoms with E-state index in [4.69, 9.17) is 9.47 Å². The lowest BCUT2D eigenvalue weighted by Crippen LogP contribution is -2.43. The summed E-state index contributed by atoms with van der Waals surface area (Å²) < 4.78 is 37.5. The molecule has 0 radical (unpaired) electrons. The molecule has 0 amide bonds. The molecule has 0 spiro atoms. The fraction of sp³-hybridized carbons (Fsp3) is 0.923. The zero-order valence-electron chi connectivity index (χ0n) is 11.8. The minimum absolute atomic E-state index is 0.0449. The van der Waals surface area contributed by atoms with Crippen LogP contribution >= 0.6 is 0 Å². The highest BCUT2D eigenvalue weighted by Crippen LogP contribution is 2.31. The summed E-state index contributed by atoms with van der Waals surface area (Å²) in [7, 11) is -2.20. The third kappa shape index (κ3) is 3.71. The van der Waals surface area contributed by atoms with E-state index in [0.29, 0.717) is 26.0 Å². The van der Waals surface area contributed by atoms with Crippen molar-refractivity contribution in [3.8, 4) is 0 Å². The first-order chi connectivity index (χ1) is 9.54. The van der Waals surface area contributed by atoms with Crippen molar-refractivity contribution in [2.75, 3.05) is 20.3 Å². The van der Waals surface area contributed by atoms with Gasteiger partial charge in [0.2, 0.25) is 10.0 Å². The Bertz CT molecular complexity index is 430. The molecule has 2 fully saturated rings. The van der Waals surface area contributed by atoms with Crippen LogP contribution in [0.5, 0.6) is 0 Å². The van der Waals surface area contributed by atoms with Gasteiger partial charge < -0.3 is 9.47 Å². The third-order valence-electron chi connectivity index (χ3n) is 4.14. The highest BCUT2D eigenvalue weighted by Gasteiger charge is 2.42. The molecule has 3 unspecified atom stereocenters. The molecule has 0 aromatic rings. The molecule has 20 heavy (non-hydrogen) atoms. The smallest absolute Gasteiger partial charge is 0.310 e. The van der Waals surface area contributed by atoms with Crippen molar-refractivity contribution in [2.45, 2.75) is 49.9 Å². The van der Waals surface area contributed by atoms with Crippen LogP contribution in [0.2, 0.25) is 0 Å². The van der Waals surface area contributed by atoms with Gasteiger partial charge in [-0.05, 0) is 32.1 Å². The number of carbonyl (C=O) groups is 1. The normalized spacial score (nSPS) is 31.1. The molecule has 1 aliphatic carbocycles. The van der Waals surface area contributed by atoms with Crippen molar-refractivity contribution in [1.82, 2.24) is 4.72 Å². The molecular weight excluding hydrogens is 282 g/mol. The molecule has 0 aromatic carbocycles. The van der Waals surface area contributed by atoms with E-state index in [9.17, 15) is 13.2 Å². The maximum Gasteiger partial charge on any atom is 0.310 e. The Morgan fingerprint density at radius 3 is 2.70 bits per heavy atom. The number of methoxy groups -OCH3 is 1. The molecule has 2 rings (SSSR count). The molecule has 0 aromatic heterocycles. The topological polar surface area (TPSA) is 81.7 Å². The summed E-state index contributed by atoms with van der Waals surface area (Å²) in [5.74, 6) is -0.962. The Morgan fingerprint density at radius 2 is 2.05 bits per heavy atom. The van der Waals surface area contributed by atoms with Crippen LogP contribution in [0.25, 0.3) is 0 Å². The molecule has 3 atom stereocenters. The SMILES string of the molecule is COC(=O)C1CCCC1S(=O)(=O)NCC1CCCCO1. The lowest BCUT2D eigenvalue weighted by molar-refractivity contribution is -0.145. The van der Waals surface area contributed by atoms with E-state index in [-0.39, 0.29) is 6.10 Å². The molecule has 6 nitrogen and oxygen atoms in total. The minimum Gasteiger partial charge on any atom is -0.469 e. The zero-order valence-corrected chi connectivity index (χ0v) is 12.7. The lowest BCUT2D eigenvalue weighted by atomic mass is 10.1. The molecule has 0 bridgehead atoms. The number of sulfonamides is 1. The average molecular weight is 305 g/mol. The van der Waals surface area contributed by atoms with Crippen molar-refractivity contribution in [2.24, 2.45) is 5.92 Å². The van der Waals surface area contributed by atoms with E-state index < -0.39 is 27.2 Å². The highest BCUT2D eigenvalue weighted by atomic mass is 32.2. The van der Waals surface area contributed by atoms with Gasteiger partial charge in [-0.1, -0.05) is 6.42 Å². The standard InChI is InChI=1S/C13H23NO5S/c1-18-13(15)11-6-4-7-12(11)20(16,17)14-9-10-5-2-3-8-19-10/h10-12,14H,2-9H2,1H3. The van der Waals surface area contributed by atoms with Crippen LogP contribution in [-0.2, 0) is 24.3 Å². The Hall–Kier alpha value is -0.660. The van der Waals surface area contributed by atoms with Gasteiger partial charge in [-0.15, -0.1) is 0 Å². The summed E-state index contributed by atoms with van der Waals surface area (Å²) >= 11 is 0. The van der Waals surface area contributed by atoms with Gasteiger partial charge in [0.25, 0.3) is 0 Å². The molecule has 7 heteroatoms. The van der Waals surface area contributed by atoms with Gasteiger partial charge in [-0.25, -0.2) is 13.1 Å². The highest BCUT2D eigenvalue weighted by molar-refractivity contribution is 7.90. The van der Waals surface area contributed by atoms with Gasteiger partial charge in [-0.2, -0.15) is 0 Å². The lowest BCUT2D eigenvalue weighted by Gasteiger charge is -2.24. The third-order valence-corrected chi connectivity index (χ3v) is 6.07. The monoisotopic (exact) mass is 305 g/mol. The first-order valence-electron chi connectivity index (χ1n) is 7.22. The predicted octanol–water partition coefficient (Wildman–Crippen LogP) is 0.817. The summed E-state index contributed by atoms with van der Waals surface area (Å²) in [6.07, 6.45) is 4.78. The molecule has 1 N–H and O–H groups in total. The summed E-state index contributed by atoms with van der Waals surface area (Å²) in [5.41, 5.74) is 0. The Labute approximate surface area is 120 Å². The van der Waals surface area contributed by atoms with Gasteiger partial charge in [0, 0.05) is 13.2 Å². The maximum absolute atomic E-state index is 12.3. The first kappa shape index (κ1) is 15.7. The largest absolute Gasteiger partial charge is 0.469 e. The molecule has 1 heterocycles. The van der Waals surface area contributed by atoms with Crippen LogP contribution in [0, 0.1) is 5.92 Å². The van der Waals surface area contributed by atoms with Crippen LogP contribution in [0.3, 0.4) is 0 Å². The van der Waals surface area contributed by atoms with E-state index in [1.54, 1.807) is 0 Å². The van der Waals surface area contributed by atoms with Crippen molar-refractivity contribution in [1.29, 1.82) is 0 Å². The summed E-state index contributed by atoms with van der Waals surface area (Å²) in [5, 5.41) is -0.668. The van der Waals surface area contributed by atoms with Gasteiger partial charge in [-0.3, -0.25) is 4.79 Å². The first-order valence-corrected chi connectivity index (χ1v) is 8.77. The van der Waals surface area contributed by atoms with Crippen molar-refractivity contribution in [3.05, 3.63) is 0 Å². The number of ether oxygens (including phenoxy) is 2. The summed E-state index contributed by atoms with van der Waals surface area (Å²) in [6.45, 7) is 0.993. The molecule has 2 aliphatic rings. The number of rotatable bonds is 5. The van der Waals surface area contributed by atoms with Crippen molar-refractivity contribution < 1.29 is 22.7 Å². The Kier molecular flexibility index (Phi) is 5.40. The van der Waals surface area contributed by atoms with E-state index in [2.05, 4.69) is 4.72 Å². The molecule has 1 aliphatic heterocycles. The van der Waals surface area contributed by atoms with Crippen molar-refractivity contribution >= 4 is 16.0 Å². The quantitative estimate of drug-likeness (QED) is 0.760. The predicted molar refractivity (Wildman–Crippen MR) is 73.7 cm³/mol. The van der Waals surface area contributed by atoms with Crippen LogP contribution < -0.4 is 4.72 Å². The fourth-order valence-electron chi connectivity index (χ4n) is 3.00. The molecule has 116 valence electrons. The number of esters is 1. The van der Waals surface area contributed by atoms with E-state index in [1.807, 2.05) is 0 Å². The van der Waals surface area contributed by atoms with Crippen LogP contribution in [0.15, 0.2) is 0 Å².